The Hall–Kier alpha value is -1.23. The molecule has 0 heterocycles. The molecule has 0 aromatic heterocycles. The zero-order valence-corrected chi connectivity index (χ0v) is 11.3. The van der Waals surface area contributed by atoms with E-state index in [0.717, 1.165) is 5.56 Å². The van der Waals surface area contributed by atoms with Crippen LogP contribution in [0.15, 0.2) is 18.2 Å². The molecule has 2 N–H and O–H groups in total. The highest BCUT2D eigenvalue weighted by Crippen LogP contribution is 2.18. The number of ether oxygens (including phenoxy) is 1. The van der Waals surface area contributed by atoms with Crippen molar-refractivity contribution in [3.05, 3.63) is 23.8 Å². The first-order chi connectivity index (χ1) is 7.83. The van der Waals surface area contributed by atoms with E-state index in [9.17, 15) is 8.42 Å². The van der Waals surface area contributed by atoms with E-state index < -0.39 is 9.84 Å². The van der Waals surface area contributed by atoms with Gasteiger partial charge in [-0.1, -0.05) is 0 Å². The highest BCUT2D eigenvalue weighted by molar-refractivity contribution is 7.91. The van der Waals surface area contributed by atoms with E-state index in [0.29, 0.717) is 11.4 Å². The average Bonchev–Trinajstić information content (AvgIpc) is 2.23. The lowest BCUT2D eigenvalue weighted by atomic mass is 10.2. The molecule has 0 aliphatic rings. The second-order valence-corrected chi connectivity index (χ2v) is 6.96. The summed E-state index contributed by atoms with van der Waals surface area (Å²) >= 11 is 0. The standard InChI is InChI=1S/C12H19NO3S/c1-9(2)17(14,15)7-6-16-11-4-5-12(13)10(3)8-11/h4-5,8-9H,6-7,13H2,1-3H3. The molecular weight excluding hydrogens is 238 g/mol. The number of rotatable bonds is 5. The van der Waals surface area contributed by atoms with Crippen LogP contribution in [0.25, 0.3) is 0 Å². The number of nitrogens with two attached hydrogens (primary N) is 1. The fourth-order valence-corrected chi connectivity index (χ4v) is 2.04. The molecule has 17 heavy (non-hydrogen) atoms. The summed E-state index contributed by atoms with van der Waals surface area (Å²) in [7, 11) is -3.04. The van der Waals surface area contributed by atoms with Crippen molar-refractivity contribution in [2.24, 2.45) is 0 Å². The summed E-state index contributed by atoms with van der Waals surface area (Å²) in [5.74, 6) is 0.685. The van der Waals surface area contributed by atoms with Crippen molar-refractivity contribution in [3.8, 4) is 5.75 Å². The molecule has 5 heteroatoms. The topological polar surface area (TPSA) is 69.4 Å². The van der Waals surface area contributed by atoms with E-state index in [-0.39, 0.29) is 17.6 Å². The van der Waals surface area contributed by atoms with Crippen molar-refractivity contribution in [3.63, 3.8) is 0 Å². The van der Waals surface area contributed by atoms with Crippen molar-refractivity contribution in [2.45, 2.75) is 26.0 Å². The van der Waals surface area contributed by atoms with Crippen LogP contribution in [0.2, 0.25) is 0 Å². The predicted octanol–water partition coefficient (Wildman–Crippen LogP) is 1.78. The van der Waals surface area contributed by atoms with Crippen LogP contribution in [0.3, 0.4) is 0 Å². The largest absolute Gasteiger partial charge is 0.493 e. The SMILES string of the molecule is Cc1cc(OCCS(=O)(=O)C(C)C)ccc1N. The molecule has 96 valence electrons. The number of aryl methyl sites for hydroxylation is 1. The second-order valence-electron chi connectivity index (χ2n) is 4.28. The van der Waals surface area contributed by atoms with Crippen molar-refractivity contribution < 1.29 is 13.2 Å². The average molecular weight is 257 g/mol. The fourth-order valence-electron chi connectivity index (χ4n) is 1.25. The summed E-state index contributed by atoms with van der Waals surface area (Å²) in [5, 5.41) is -0.362. The van der Waals surface area contributed by atoms with Crippen LogP contribution in [-0.4, -0.2) is 26.0 Å². The van der Waals surface area contributed by atoms with Crippen LogP contribution < -0.4 is 10.5 Å². The van der Waals surface area contributed by atoms with Crippen molar-refractivity contribution >= 4 is 15.5 Å². The first-order valence-corrected chi connectivity index (χ1v) is 7.25. The van der Waals surface area contributed by atoms with Crippen LogP contribution in [0.4, 0.5) is 5.69 Å². The van der Waals surface area contributed by atoms with E-state index in [1.807, 2.05) is 6.92 Å². The molecule has 4 nitrogen and oxygen atoms in total. The van der Waals surface area contributed by atoms with Crippen molar-refractivity contribution in [2.75, 3.05) is 18.1 Å². The zero-order valence-electron chi connectivity index (χ0n) is 10.4. The Bertz CT molecular complexity index is 481. The lowest BCUT2D eigenvalue weighted by Gasteiger charge is -2.10. The Morgan fingerprint density at radius 3 is 2.53 bits per heavy atom. The van der Waals surface area contributed by atoms with E-state index >= 15 is 0 Å². The van der Waals surface area contributed by atoms with Gasteiger partial charge in [-0.25, -0.2) is 8.42 Å². The molecule has 1 rings (SSSR count). The molecule has 0 atom stereocenters. The minimum Gasteiger partial charge on any atom is -0.493 e. The number of benzene rings is 1. The molecule has 1 aromatic carbocycles. The quantitative estimate of drug-likeness (QED) is 0.816. The third-order valence-corrected chi connectivity index (χ3v) is 4.77. The van der Waals surface area contributed by atoms with Crippen molar-refractivity contribution in [1.82, 2.24) is 0 Å². The summed E-state index contributed by atoms with van der Waals surface area (Å²) < 4.78 is 28.5. The van der Waals surface area contributed by atoms with E-state index in [1.54, 1.807) is 32.0 Å². The molecule has 0 bridgehead atoms. The lowest BCUT2D eigenvalue weighted by Crippen LogP contribution is -2.22. The van der Waals surface area contributed by atoms with E-state index in [4.69, 9.17) is 10.5 Å². The van der Waals surface area contributed by atoms with Gasteiger partial charge >= 0.3 is 0 Å². The van der Waals surface area contributed by atoms with E-state index in [1.165, 1.54) is 0 Å². The maximum Gasteiger partial charge on any atom is 0.155 e. The summed E-state index contributed by atoms with van der Waals surface area (Å²) in [6.07, 6.45) is 0. The minimum atomic E-state index is -3.04. The number of hydrogen-bond donors (Lipinski definition) is 1. The Morgan fingerprint density at radius 1 is 1.35 bits per heavy atom. The molecule has 0 aliphatic heterocycles. The molecule has 0 fully saturated rings. The smallest absolute Gasteiger partial charge is 0.155 e. The van der Waals surface area contributed by atoms with Gasteiger partial charge in [-0.15, -0.1) is 0 Å². The Balaban J connectivity index is 2.55. The maximum absolute atomic E-state index is 11.5. The number of anilines is 1. The Labute approximate surface area is 103 Å². The van der Waals surface area contributed by atoms with Gasteiger partial charge < -0.3 is 10.5 Å². The molecule has 1 aromatic rings. The van der Waals surface area contributed by atoms with Crippen LogP contribution in [0.5, 0.6) is 5.75 Å². The summed E-state index contributed by atoms with van der Waals surface area (Å²) in [6.45, 7) is 5.39. The highest BCUT2D eigenvalue weighted by Gasteiger charge is 2.15. The third kappa shape index (κ3) is 3.93. The van der Waals surface area contributed by atoms with E-state index in [2.05, 4.69) is 0 Å². The molecular formula is C12H19NO3S. The van der Waals surface area contributed by atoms with Crippen LogP contribution in [0.1, 0.15) is 19.4 Å². The Morgan fingerprint density at radius 2 is 2.00 bits per heavy atom. The van der Waals surface area contributed by atoms with Gasteiger partial charge in [0.2, 0.25) is 0 Å². The van der Waals surface area contributed by atoms with Gasteiger partial charge in [0.15, 0.2) is 9.84 Å². The van der Waals surface area contributed by atoms with Gasteiger partial charge in [0.1, 0.15) is 12.4 Å². The van der Waals surface area contributed by atoms with Gasteiger partial charge in [-0.2, -0.15) is 0 Å². The third-order valence-electron chi connectivity index (χ3n) is 2.60. The molecule has 0 saturated heterocycles. The van der Waals surface area contributed by atoms with Gasteiger partial charge in [0.05, 0.1) is 11.0 Å². The van der Waals surface area contributed by atoms with Gasteiger partial charge in [-0.3, -0.25) is 0 Å². The lowest BCUT2D eigenvalue weighted by molar-refractivity contribution is 0.340. The zero-order chi connectivity index (χ0) is 13.1. The van der Waals surface area contributed by atoms with Gasteiger partial charge in [0, 0.05) is 5.69 Å². The number of nitrogen functional groups attached to an aromatic ring is 1. The maximum atomic E-state index is 11.5. The molecule has 0 aliphatic carbocycles. The van der Waals surface area contributed by atoms with Gasteiger partial charge in [-0.05, 0) is 44.5 Å². The molecule has 0 spiro atoms. The summed E-state index contributed by atoms with van der Waals surface area (Å²) in [4.78, 5) is 0. The molecule has 0 radical (unpaired) electrons. The number of sulfone groups is 1. The molecule has 0 saturated carbocycles. The molecule has 0 amide bonds. The monoisotopic (exact) mass is 257 g/mol. The van der Waals surface area contributed by atoms with Gasteiger partial charge in [0.25, 0.3) is 0 Å². The first-order valence-electron chi connectivity index (χ1n) is 5.53. The Kier molecular flexibility index (Phi) is 4.40. The van der Waals surface area contributed by atoms with Crippen LogP contribution in [-0.2, 0) is 9.84 Å². The minimum absolute atomic E-state index is 0.0358. The number of hydrogen-bond acceptors (Lipinski definition) is 4. The van der Waals surface area contributed by atoms with Crippen LogP contribution >= 0.6 is 0 Å². The molecule has 0 unspecified atom stereocenters. The highest BCUT2D eigenvalue weighted by atomic mass is 32.2. The van der Waals surface area contributed by atoms with Crippen LogP contribution in [0, 0.1) is 6.92 Å². The normalized spacial score (nSPS) is 11.8. The summed E-state index contributed by atoms with van der Waals surface area (Å²) in [6, 6.07) is 5.29. The first kappa shape index (κ1) is 13.8. The second kappa shape index (κ2) is 5.40. The fraction of sp³-hybridized carbons (Fsp3) is 0.500. The summed E-state index contributed by atoms with van der Waals surface area (Å²) in [5.41, 5.74) is 7.30. The predicted molar refractivity (Wildman–Crippen MR) is 70.0 cm³/mol. The van der Waals surface area contributed by atoms with Crippen molar-refractivity contribution in [1.29, 1.82) is 0 Å².